The summed E-state index contributed by atoms with van der Waals surface area (Å²) in [4.78, 5) is 25.7. The lowest BCUT2D eigenvalue weighted by Gasteiger charge is -2.35. The molecule has 31 heavy (non-hydrogen) atoms. The molecular weight excluding hydrogens is 413 g/mol. The van der Waals surface area contributed by atoms with E-state index in [9.17, 15) is 19.1 Å². The number of nitrogens with one attached hydrogen (secondary N) is 1. The molecule has 0 spiro atoms. The van der Waals surface area contributed by atoms with Crippen LogP contribution in [-0.2, 0) is 14.3 Å². The molecule has 0 fully saturated rings. The Morgan fingerprint density at radius 2 is 1.55 bits per heavy atom. The van der Waals surface area contributed by atoms with E-state index in [4.69, 9.17) is 4.74 Å². The molecule has 0 amide bonds. The third-order valence-electron chi connectivity index (χ3n) is 5.32. The Morgan fingerprint density at radius 1 is 1.03 bits per heavy atom. The Balaban J connectivity index is 2.65. The van der Waals surface area contributed by atoms with E-state index in [1.165, 1.54) is 12.1 Å². The lowest BCUT2D eigenvalue weighted by atomic mass is 9.77. The maximum atomic E-state index is 13.6. The molecule has 1 heterocycles. The maximum Gasteiger partial charge on any atom is 0.336 e. The van der Waals surface area contributed by atoms with Crippen LogP contribution in [0.2, 0.25) is 25.7 Å². The normalized spacial score (nSPS) is 17.3. The molecule has 0 bridgehead atoms. The van der Waals surface area contributed by atoms with Crippen molar-refractivity contribution < 1.29 is 23.8 Å². The fourth-order valence-electron chi connectivity index (χ4n) is 3.63. The summed E-state index contributed by atoms with van der Waals surface area (Å²) >= 11 is 0. The Morgan fingerprint density at radius 3 is 2.00 bits per heavy atom. The van der Waals surface area contributed by atoms with E-state index >= 15 is 0 Å². The minimum atomic E-state index is -1.41. The Hall–Kier alpha value is -2.41. The van der Waals surface area contributed by atoms with Gasteiger partial charge in [0.05, 0.1) is 23.7 Å². The van der Waals surface area contributed by atoms with Gasteiger partial charge in [-0.3, -0.25) is 0 Å². The van der Waals surface area contributed by atoms with E-state index in [0.717, 1.165) is 6.04 Å². The number of allylic oxidation sites excluding steroid dienone is 2. The summed E-state index contributed by atoms with van der Waals surface area (Å²) in [6.07, 6.45) is 0. The van der Waals surface area contributed by atoms with Crippen molar-refractivity contribution in [2.45, 2.75) is 59.3 Å². The monoisotopic (exact) mass is 447 g/mol. The smallest absolute Gasteiger partial charge is 0.336 e. The Bertz CT molecular complexity index is 895. The Labute approximate surface area is 185 Å². The van der Waals surface area contributed by atoms with E-state index in [1.807, 2.05) is 27.7 Å². The third kappa shape index (κ3) is 6.06. The molecule has 2 rings (SSSR count). The highest BCUT2D eigenvalue weighted by Gasteiger charge is 2.40. The molecule has 5 nitrogen and oxygen atoms in total. The highest BCUT2D eigenvalue weighted by molar-refractivity contribution is 6.76. The van der Waals surface area contributed by atoms with Gasteiger partial charge in [0.15, 0.2) is 0 Å². The van der Waals surface area contributed by atoms with Crippen LogP contribution in [0.25, 0.3) is 0 Å². The molecular formula is C24H34FNO4Si. The molecule has 1 aliphatic rings. The summed E-state index contributed by atoms with van der Waals surface area (Å²) in [7, 11) is -1.41. The molecule has 1 aliphatic heterocycles. The molecule has 0 saturated heterocycles. The number of halogens is 1. The van der Waals surface area contributed by atoms with Crippen LogP contribution in [-0.4, -0.2) is 31.7 Å². The van der Waals surface area contributed by atoms with Gasteiger partial charge in [-0.1, -0.05) is 59.5 Å². The van der Waals surface area contributed by atoms with Crippen LogP contribution in [0.1, 0.15) is 39.2 Å². The van der Waals surface area contributed by atoms with Crippen molar-refractivity contribution in [3.8, 4) is 0 Å². The van der Waals surface area contributed by atoms with Crippen molar-refractivity contribution in [1.29, 1.82) is 0 Å². The second-order valence-corrected chi connectivity index (χ2v) is 15.4. The Kier molecular flexibility index (Phi) is 7.86. The molecule has 1 aromatic rings. The van der Waals surface area contributed by atoms with E-state index < -0.39 is 31.7 Å². The van der Waals surface area contributed by atoms with Gasteiger partial charge in [0, 0.05) is 19.5 Å². The summed E-state index contributed by atoms with van der Waals surface area (Å²) in [5.41, 5.74) is 2.15. The number of dihydropyridines is 1. The highest BCUT2D eigenvalue weighted by Crippen LogP contribution is 2.42. The van der Waals surface area contributed by atoms with Gasteiger partial charge in [0.25, 0.3) is 0 Å². The first-order valence-corrected chi connectivity index (χ1v) is 14.4. The number of rotatable bonds is 8. The standard InChI is InChI=1S/C24H34FNO4Si/c1-14(2)21-19(23(27)28)18(16-8-10-17(25)11-9-16)20(22(26-21)15(3)4)24(29)30-12-13-31(5,6)7/h8-11,14-15,18,26H,12-13H2,1-7H3,(H,27,28). The molecule has 0 aliphatic carbocycles. The zero-order valence-corrected chi connectivity index (χ0v) is 20.5. The van der Waals surface area contributed by atoms with E-state index in [1.54, 1.807) is 12.1 Å². The largest absolute Gasteiger partial charge is 0.478 e. The first-order chi connectivity index (χ1) is 14.3. The average Bonchev–Trinajstić information content (AvgIpc) is 2.65. The lowest BCUT2D eigenvalue weighted by molar-refractivity contribution is -0.139. The van der Waals surface area contributed by atoms with Crippen LogP contribution in [0.15, 0.2) is 46.8 Å². The van der Waals surface area contributed by atoms with Gasteiger partial charge in [0.1, 0.15) is 5.82 Å². The number of esters is 1. The van der Waals surface area contributed by atoms with Crippen LogP contribution in [0.3, 0.4) is 0 Å². The van der Waals surface area contributed by atoms with Gasteiger partial charge in [-0.25, -0.2) is 14.0 Å². The number of hydrogen-bond donors (Lipinski definition) is 2. The van der Waals surface area contributed by atoms with Crippen LogP contribution in [0.4, 0.5) is 4.39 Å². The molecule has 0 radical (unpaired) electrons. The number of carbonyl (C=O) groups is 2. The summed E-state index contributed by atoms with van der Waals surface area (Å²) in [5, 5.41) is 13.4. The van der Waals surface area contributed by atoms with Crippen molar-refractivity contribution in [3.63, 3.8) is 0 Å². The van der Waals surface area contributed by atoms with E-state index in [0.29, 0.717) is 29.1 Å². The molecule has 7 heteroatoms. The number of benzene rings is 1. The minimum Gasteiger partial charge on any atom is -0.478 e. The van der Waals surface area contributed by atoms with Crippen molar-refractivity contribution in [3.05, 3.63) is 58.2 Å². The molecule has 1 aromatic carbocycles. The SMILES string of the molecule is CC(C)C1=C(C(=O)O)C(c2ccc(F)cc2)C(C(=O)OCC[Si](C)(C)C)=C(C(C)C)N1. The molecule has 0 aromatic heterocycles. The maximum absolute atomic E-state index is 13.6. The van der Waals surface area contributed by atoms with Gasteiger partial charge in [-0.2, -0.15) is 0 Å². The molecule has 1 atom stereocenters. The van der Waals surface area contributed by atoms with Gasteiger partial charge in [-0.15, -0.1) is 0 Å². The van der Waals surface area contributed by atoms with Crippen LogP contribution in [0, 0.1) is 17.7 Å². The summed E-state index contributed by atoms with van der Waals surface area (Å²) in [6, 6.07) is 6.47. The van der Waals surface area contributed by atoms with Gasteiger partial charge in [0.2, 0.25) is 0 Å². The lowest BCUT2D eigenvalue weighted by Crippen LogP contribution is -2.37. The number of carbonyl (C=O) groups excluding carboxylic acids is 1. The molecule has 170 valence electrons. The first kappa shape index (κ1) is 24.9. The van der Waals surface area contributed by atoms with Crippen molar-refractivity contribution >= 4 is 20.0 Å². The van der Waals surface area contributed by atoms with Crippen molar-refractivity contribution in [2.75, 3.05) is 6.61 Å². The molecule has 2 N–H and O–H groups in total. The summed E-state index contributed by atoms with van der Waals surface area (Å²) < 4.78 is 19.3. The number of aliphatic carboxylic acids is 1. The van der Waals surface area contributed by atoms with E-state index in [2.05, 4.69) is 25.0 Å². The van der Waals surface area contributed by atoms with E-state index in [-0.39, 0.29) is 17.4 Å². The van der Waals surface area contributed by atoms with Crippen LogP contribution >= 0.6 is 0 Å². The quantitative estimate of drug-likeness (QED) is 0.418. The average molecular weight is 448 g/mol. The number of ether oxygens (including phenoxy) is 1. The van der Waals surface area contributed by atoms with Gasteiger partial charge in [-0.05, 0) is 35.6 Å². The van der Waals surface area contributed by atoms with Crippen LogP contribution in [0.5, 0.6) is 0 Å². The zero-order chi connectivity index (χ0) is 23.5. The fraction of sp³-hybridized carbons (Fsp3) is 0.500. The number of hydrogen-bond acceptors (Lipinski definition) is 4. The first-order valence-electron chi connectivity index (χ1n) is 10.7. The number of carboxylic acids is 1. The third-order valence-corrected chi connectivity index (χ3v) is 7.02. The number of carboxylic acid groups (broad SMARTS) is 1. The van der Waals surface area contributed by atoms with Crippen molar-refractivity contribution in [1.82, 2.24) is 5.32 Å². The minimum absolute atomic E-state index is 0.0633. The predicted molar refractivity (Wildman–Crippen MR) is 123 cm³/mol. The van der Waals surface area contributed by atoms with Crippen molar-refractivity contribution in [2.24, 2.45) is 11.8 Å². The fourth-order valence-corrected chi connectivity index (χ4v) is 4.34. The molecule has 0 saturated carbocycles. The zero-order valence-electron chi connectivity index (χ0n) is 19.5. The highest BCUT2D eigenvalue weighted by atomic mass is 28.3. The predicted octanol–water partition coefficient (Wildman–Crippen LogP) is 5.30. The van der Waals surface area contributed by atoms with Gasteiger partial charge < -0.3 is 15.2 Å². The summed E-state index contributed by atoms with van der Waals surface area (Å²) in [5.74, 6) is -3.06. The van der Waals surface area contributed by atoms with Gasteiger partial charge >= 0.3 is 11.9 Å². The molecule has 1 unspecified atom stereocenters. The second-order valence-electron chi connectivity index (χ2n) is 9.83. The van der Waals surface area contributed by atoms with Crippen LogP contribution < -0.4 is 5.32 Å². The topological polar surface area (TPSA) is 75.6 Å². The second kappa shape index (κ2) is 9.81. The summed E-state index contributed by atoms with van der Waals surface area (Å²) in [6.45, 7) is 14.6.